The van der Waals surface area contributed by atoms with Crippen molar-refractivity contribution in [1.29, 1.82) is 0 Å². The van der Waals surface area contributed by atoms with Crippen LogP contribution in [0.1, 0.15) is 47.2 Å². The normalized spacial score (nSPS) is 17.6. The molecule has 1 amide bonds. The van der Waals surface area contributed by atoms with E-state index in [1.54, 1.807) is 25.2 Å². The van der Waals surface area contributed by atoms with Gasteiger partial charge in [0.05, 0.1) is 12.5 Å². The molecule has 1 aliphatic rings. The van der Waals surface area contributed by atoms with E-state index >= 15 is 0 Å². The van der Waals surface area contributed by atoms with Crippen LogP contribution in [-0.2, 0) is 17.4 Å². The number of carbonyl (C=O) groups excluding carboxylic acids is 1. The zero-order valence-electron chi connectivity index (χ0n) is 15.3. The zero-order chi connectivity index (χ0) is 20.1. The Morgan fingerprint density at radius 3 is 2.79 bits per heavy atom. The Morgan fingerprint density at radius 2 is 2.11 bits per heavy atom. The van der Waals surface area contributed by atoms with Gasteiger partial charge >= 0.3 is 6.18 Å². The molecule has 1 aliphatic heterocycles. The first-order valence-corrected chi connectivity index (χ1v) is 9.81. The monoisotopic (exact) mass is 409 g/mol. The van der Waals surface area contributed by atoms with Crippen LogP contribution in [0.5, 0.6) is 0 Å². The number of thiophene rings is 1. The van der Waals surface area contributed by atoms with Crippen molar-refractivity contribution in [3.8, 4) is 0 Å². The summed E-state index contributed by atoms with van der Waals surface area (Å²) in [5, 5.41) is 7.58. The molecule has 4 rings (SSSR count). The topological polar surface area (TPSA) is 63.4 Å². The number of aryl methyl sites for hydroxylation is 2. The molecule has 0 saturated carbocycles. The van der Waals surface area contributed by atoms with Gasteiger partial charge in [0.2, 0.25) is 5.91 Å². The van der Waals surface area contributed by atoms with Crippen molar-refractivity contribution in [2.45, 2.75) is 45.3 Å². The van der Waals surface area contributed by atoms with Crippen molar-refractivity contribution in [2.24, 2.45) is 0 Å². The lowest BCUT2D eigenvalue weighted by atomic mass is 10.1. The highest BCUT2D eigenvalue weighted by atomic mass is 32.1. The molecule has 0 bridgehead atoms. The van der Waals surface area contributed by atoms with Gasteiger partial charge in [-0.2, -0.15) is 29.5 Å². The van der Waals surface area contributed by atoms with E-state index < -0.39 is 12.0 Å². The van der Waals surface area contributed by atoms with Crippen LogP contribution >= 0.6 is 11.3 Å². The lowest BCUT2D eigenvalue weighted by molar-refractivity contribution is -0.144. The van der Waals surface area contributed by atoms with Gasteiger partial charge in [-0.05, 0) is 49.1 Å². The summed E-state index contributed by atoms with van der Waals surface area (Å²) in [6, 6.07) is 2.08. The van der Waals surface area contributed by atoms with E-state index in [2.05, 4.69) is 20.4 Å². The molecule has 0 spiro atoms. The summed E-state index contributed by atoms with van der Waals surface area (Å²) in [5.74, 6) is -1.41. The molecule has 1 fully saturated rings. The number of nitrogens with zero attached hydrogens (tertiary/aromatic N) is 5. The molecule has 28 heavy (non-hydrogen) atoms. The second-order valence-electron chi connectivity index (χ2n) is 6.88. The number of fused-ring (bicyclic) bond motifs is 1. The van der Waals surface area contributed by atoms with E-state index in [0.717, 1.165) is 22.9 Å². The van der Waals surface area contributed by atoms with Crippen LogP contribution in [0.2, 0.25) is 0 Å². The maximum absolute atomic E-state index is 13.0. The molecule has 10 heteroatoms. The van der Waals surface area contributed by atoms with E-state index in [-0.39, 0.29) is 24.1 Å². The fourth-order valence-corrected chi connectivity index (χ4v) is 4.42. The molecular weight excluding hydrogens is 391 g/mol. The highest BCUT2D eigenvalue weighted by Crippen LogP contribution is 2.34. The SMILES string of the molecule is Cc1nc2nc(C(F)(F)F)nn2c(C)c1CC(=O)N1CCC[C@@H]1c1ccsc1. The third-order valence-corrected chi connectivity index (χ3v) is 5.83. The van der Waals surface area contributed by atoms with Gasteiger partial charge in [-0.15, -0.1) is 5.10 Å². The average Bonchev–Trinajstić information content (AvgIpc) is 3.36. The van der Waals surface area contributed by atoms with Gasteiger partial charge in [0, 0.05) is 23.5 Å². The summed E-state index contributed by atoms with van der Waals surface area (Å²) < 4.78 is 39.8. The Kier molecular flexibility index (Phi) is 4.60. The largest absolute Gasteiger partial charge is 0.453 e. The third kappa shape index (κ3) is 3.25. The lowest BCUT2D eigenvalue weighted by Crippen LogP contribution is -2.32. The molecule has 6 nitrogen and oxygen atoms in total. The smallest absolute Gasteiger partial charge is 0.335 e. The molecule has 0 aliphatic carbocycles. The maximum atomic E-state index is 13.0. The molecule has 148 valence electrons. The predicted octanol–water partition coefficient (Wildman–Crippen LogP) is 3.73. The fraction of sp³-hybridized carbons (Fsp3) is 0.444. The summed E-state index contributed by atoms with van der Waals surface area (Å²) >= 11 is 1.60. The Labute approximate surface area is 163 Å². The number of hydrogen-bond acceptors (Lipinski definition) is 5. The van der Waals surface area contributed by atoms with Crippen LogP contribution in [0.4, 0.5) is 13.2 Å². The average molecular weight is 409 g/mol. The van der Waals surface area contributed by atoms with E-state index in [1.807, 2.05) is 16.3 Å². The number of carbonyl (C=O) groups is 1. The van der Waals surface area contributed by atoms with Gasteiger partial charge in [-0.1, -0.05) is 0 Å². The second-order valence-corrected chi connectivity index (χ2v) is 7.66. The molecule has 3 aromatic rings. The number of aromatic nitrogens is 4. The third-order valence-electron chi connectivity index (χ3n) is 5.13. The van der Waals surface area contributed by atoms with Crippen LogP contribution in [0.15, 0.2) is 16.8 Å². The lowest BCUT2D eigenvalue weighted by Gasteiger charge is -2.25. The standard InChI is InChI=1S/C18H18F3N5OS/c1-10-13(11(2)26-17(22-10)23-16(24-26)18(19,20)21)8-15(27)25-6-3-4-14(25)12-5-7-28-9-12/h5,7,9,14H,3-4,6,8H2,1-2H3/t14-/m1/s1. The van der Waals surface area contributed by atoms with Gasteiger partial charge < -0.3 is 4.90 Å². The van der Waals surface area contributed by atoms with Crippen LogP contribution < -0.4 is 0 Å². The van der Waals surface area contributed by atoms with Crippen LogP contribution in [0.25, 0.3) is 5.78 Å². The Hall–Kier alpha value is -2.49. The Balaban J connectivity index is 1.65. The number of likely N-dealkylation sites (tertiary alicyclic amines) is 1. The Bertz CT molecular complexity index is 1030. The molecule has 1 atom stereocenters. The van der Waals surface area contributed by atoms with Gasteiger partial charge in [0.1, 0.15) is 0 Å². The van der Waals surface area contributed by atoms with Crippen molar-refractivity contribution in [3.05, 3.63) is 45.2 Å². The number of alkyl halides is 3. The summed E-state index contributed by atoms with van der Waals surface area (Å²) in [5.41, 5.74) is 2.66. The molecule has 3 aromatic heterocycles. The van der Waals surface area contributed by atoms with Crippen molar-refractivity contribution >= 4 is 23.0 Å². The van der Waals surface area contributed by atoms with Crippen LogP contribution in [0.3, 0.4) is 0 Å². The van der Waals surface area contributed by atoms with Gasteiger partial charge in [-0.25, -0.2) is 9.50 Å². The van der Waals surface area contributed by atoms with Crippen LogP contribution in [-0.4, -0.2) is 36.9 Å². The minimum Gasteiger partial charge on any atom is -0.335 e. The van der Waals surface area contributed by atoms with Gasteiger partial charge in [0.25, 0.3) is 11.6 Å². The summed E-state index contributed by atoms with van der Waals surface area (Å²) in [6.45, 7) is 3.99. The van der Waals surface area contributed by atoms with E-state index in [4.69, 9.17) is 0 Å². The van der Waals surface area contributed by atoms with Gasteiger partial charge in [-0.3, -0.25) is 4.79 Å². The van der Waals surface area contributed by atoms with E-state index in [1.165, 1.54) is 0 Å². The van der Waals surface area contributed by atoms with Crippen molar-refractivity contribution in [3.63, 3.8) is 0 Å². The molecule has 4 heterocycles. The highest BCUT2D eigenvalue weighted by molar-refractivity contribution is 7.08. The predicted molar refractivity (Wildman–Crippen MR) is 97.0 cm³/mol. The van der Waals surface area contributed by atoms with E-state index in [9.17, 15) is 18.0 Å². The number of rotatable bonds is 3. The quantitative estimate of drug-likeness (QED) is 0.661. The summed E-state index contributed by atoms with van der Waals surface area (Å²) in [7, 11) is 0. The maximum Gasteiger partial charge on any atom is 0.453 e. The molecular formula is C18H18F3N5OS. The molecule has 0 N–H and O–H groups in total. The highest BCUT2D eigenvalue weighted by Gasteiger charge is 2.37. The first-order valence-electron chi connectivity index (χ1n) is 8.87. The van der Waals surface area contributed by atoms with Crippen LogP contribution in [0, 0.1) is 13.8 Å². The minimum atomic E-state index is -4.65. The van der Waals surface area contributed by atoms with Crippen molar-refractivity contribution < 1.29 is 18.0 Å². The zero-order valence-corrected chi connectivity index (χ0v) is 16.1. The second kappa shape index (κ2) is 6.84. The minimum absolute atomic E-state index is 0.0549. The first-order chi connectivity index (χ1) is 13.3. The number of amides is 1. The van der Waals surface area contributed by atoms with Crippen molar-refractivity contribution in [1.82, 2.24) is 24.5 Å². The molecule has 0 aromatic carbocycles. The van der Waals surface area contributed by atoms with Gasteiger partial charge in [0.15, 0.2) is 0 Å². The number of halogens is 3. The van der Waals surface area contributed by atoms with E-state index in [0.29, 0.717) is 23.5 Å². The molecule has 0 radical (unpaired) electrons. The Morgan fingerprint density at radius 1 is 1.32 bits per heavy atom. The summed E-state index contributed by atoms with van der Waals surface area (Å²) in [6.07, 6.45) is -2.73. The fourth-order valence-electron chi connectivity index (χ4n) is 3.71. The number of hydrogen-bond donors (Lipinski definition) is 0. The first kappa shape index (κ1) is 18.9. The summed E-state index contributed by atoms with van der Waals surface area (Å²) in [4.78, 5) is 22.5. The van der Waals surface area contributed by atoms with Crippen molar-refractivity contribution in [2.75, 3.05) is 6.54 Å². The molecule has 1 saturated heterocycles. The molecule has 0 unspecified atom stereocenters.